The van der Waals surface area contributed by atoms with Gasteiger partial charge in [-0.15, -0.1) is 0 Å². The summed E-state index contributed by atoms with van der Waals surface area (Å²) in [5.74, 6) is -0.927. The number of Topliss-reactive ketones (excluding diaryl/α,β-unsaturated/α-hetero) is 1. The highest BCUT2D eigenvalue weighted by molar-refractivity contribution is 6.46. The molecule has 4 rings (SSSR count). The molecule has 2 aliphatic rings. The van der Waals surface area contributed by atoms with Crippen LogP contribution in [0.25, 0.3) is 5.76 Å². The summed E-state index contributed by atoms with van der Waals surface area (Å²) >= 11 is 0. The quantitative estimate of drug-likeness (QED) is 0.256. The van der Waals surface area contributed by atoms with Crippen LogP contribution in [0.5, 0.6) is 5.75 Å². The Labute approximate surface area is 192 Å². The van der Waals surface area contributed by atoms with Crippen molar-refractivity contribution in [1.29, 1.82) is 0 Å². The highest BCUT2D eigenvalue weighted by atomic mass is 16.5. The Morgan fingerprint density at radius 3 is 2.64 bits per heavy atom. The normalized spacial score (nSPS) is 20.8. The molecule has 0 bridgehead atoms. The molecule has 1 amide bonds. The fourth-order valence-electron chi connectivity index (χ4n) is 4.27. The Morgan fingerprint density at radius 2 is 1.97 bits per heavy atom. The van der Waals surface area contributed by atoms with E-state index in [9.17, 15) is 14.7 Å². The molecule has 2 aromatic rings. The molecule has 2 aliphatic heterocycles. The number of nitrogens with one attached hydrogen (secondary N) is 1. The lowest BCUT2D eigenvalue weighted by Crippen LogP contribution is -3.14. The van der Waals surface area contributed by atoms with E-state index in [2.05, 4.69) is 6.58 Å². The molecule has 8 nitrogen and oxygen atoms in total. The number of quaternary nitrogens is 1. The van der Waals surface area contributed by atoms with Crippen molar-refractivity contribution in [2.24, 2.45) is 0 Å². The van der Waals surface area contributed by atoms with Crippen LogP contribution in [0.2, 0.25) is 0 Å². The van der Waals surface area contributed by atoms with Crippen molar-refractivity contribution >= 4 is 17.4 Å². The van der Waals surface area contributed by atoms with Gasteiger partial charge in [0, 0.05) is 18.5 Å². The Hall–Kier alpha value is -3.36. The lowest BCUT2D eigenvalue weighted by Gasteiger charge is -2.27. The smallest absolute Gasteiger partial charge is 0.295 e. The number of carbonyl (C=O) groups excluding carboxylic acids is 2. The summed E-state index contributed by atoms with van der Waals surface area (Å²) in [4.78, 5) is 28.8. The van der Waals surface area contributed by atoms with Gasteiger partial charge >= 0.3 is 0 Å². The molecule has 0 aliphatic carbocycles. The van der Waals surface area contributed by atoms with Gasteiger partial charge in [0.05, 0.1) is 26.0 Å². The van der Waals surface area contributed by atoms with Crippen molar-refractivity contribution in [3.63, 3.8) is 0 Å². The van der Waals surface area contributed by atoms with E-state index in [1.165, 1.54) is 16.1 Å². The van der Waals surface area contributed by atoms with E-state index in [1.807, 2.05) is 0 Å². The Morgan fingerprint density at radius 1 is 1.21 bits per heavy atom. The molecule has 1 atom stereocenters. The number of hydrogen-bond donors (Lipinski definition) is 1. The van der Waals surface area contributed by atoms with Gasteiger partial charge in [-0.25, -0.2) is 0 Å². The van der Waals surface area contributed by atoms with E-state index < -0.39 is 23.5 Å². The molecule has 33 heavy (non-hydrogen) atoms. The van der Waals surface area contributed by atoms with Gasteiger partial charge in [-0.1, -0.05) is 30.5 Å². The van der Waals surface area contributed by atoms with E-state index in [4.69, 9.17) is 13.9 Å². The maximum Gasteiger partial charge on any atom is 0.295 e. The molecule has 2 saturated heterocycles. The molecule has 2 fully saturated rings. The van der Waals surface area contributed by atoms with Gasteiger partial charge in [0.1, 0.15) is 37.2 Å². The lowest BCUT2D eigenvalue weighted by atomic mass is 9.99. The summed E-state index contributed by atoms with van der Waals surface area (Å²) < 4.78 is 16.4. The van der Waals surface area contributed by atoms with Gasteiger partial charge in [-0.3, -0.25) is 9.59 Å². The molecule has 1 unspecified atom stereocenters. The molecule has 174 valence electrons. The molecular formula is C25H28N2O6. The van der Waals surface area contributed by atoms with Gasteiger partial charge < -0.3 is 28.8 Å². The van der Waals surface area contributed by atoms with Gasteiger partial charge in [-0.2, -0.15) is 0 Å². The first-order valence-electron chi connectivity index (χ1n) is 11.2. The summed E-state index contributed by atoms with van der Waals surface area (Å²) in [6, 6.07) is 9.04. The van der Waals surface area contributed by atoms with Crippen molar-refractivity contribution < 1.29 is 33.5 Å². The Kier molecular flexibility index (Phi) is 7.26. The third-order valence-corrected chi connectivity index (χ3v) is 5.96. The first kappa shape index (κ1) is 22.8. The number of ketones is 1. The summed E-state index contributed by atoms with van der Waals surface area (Å²) in [6.07, 6.45) is 3.82. The number of rotatable bonds is 9. The Balaban J connectivity index is 1.58. The average molecular weight is 453 g/mol. The fourth-order valence-corrected chi connectivity index (χ4v) is 4.27. The van der Waals surface area contributed by atoms with Crippen molar-refractivity contribution in [1.82, 2.24) is 4.90 Å². The zero-order valence-electron chi connectivity index (χ0n) is 18.5. The predicted molar refractivity (Wildman–Crippen MR) is 118 cm³/mol. The predicted octanol–water partition coefficient (Wildman–Crippen LogP) is 0.374. The highest BCUT2D eigenvalue weighted by Crippen LogP contribution is 2.38. The molecule has 0 spiro atoms. The van der Waals surface area contributed by atoms with E-state index in [-0.39, 0.29) is 5.57 Å². The third kappa shape index (κ3) is 5.02. The molecule has 8 heteroatoms. The topological polar surface area (TPSA) is 96.5 Å². The summed E-state index contributed by atoms with van der Waals surface area (Å²) in [6.45, 7) is 8.50. The van der Waals surface area contributed by atoms with Crippen LogP contribution in [0.15, 0.2) is 65.3 Å². The SMILES string of the molecule is C=CCOc1ccc(C([O-])=C2C(=O)C(=O)N(CCC[NH+]3CCOCC3)C2c2ccco2)cc1. The van der Waals surface area contributed by atoms with Crippen LogP contribution in [-0.2, 0) is 14.3 Å². The van der Waals surface area contributed by atoms with Gasteiger partial charge in [0.2, 0.25) is 5.78 Å². The number of amides is 1. The fraction of sp³-hybridized carbons (Fsp3) is 0.360. The summed E-state index contributed by atoms with van der Waals surface area (Å²) in [5, 5.41) is 13.3. The van der Waals surface area contributed by atoms with Crippen molar-refractivity contribution in [2.75, 3.05) is 46.0 Å². The van der Waals surface area contributed by atoms with Crippen molar-refractivity contribution in [3.05, 3.63) is 72.2 Å². The maximum atomic E-state index is 13.3. The van der Waals surface area contributed by atoms with E-state index >= 15 is 0 Å². The molecule has 0 radical (unpaired) electrons. The zero-order valence-corrected chi connectivity index (χ0v) is 18.5. The number of morpholine rings is 1. The second-order valence-corrected chi connectivity index (χ2v) is 8.08. The Bertz CT molecular complexity index is 1010. The average Bonchev–Trinajstić information content (AvgIpc) is 3.46. The third-order valence-electron chi connectivity index (χ3n) is 5.96. The van der Waals surface area contributed by atoms with E-state index in [0.29, 0.717) is 36.6 Å². The number of furan rings is 1. The summed E-state index contributed by atoms with van der Waals surface area (Å²) in [7, 11) is 0. The molecule has 1 N–H and O–H groups in total. The van der Waals surface area contributed by atoms with Crippen LogP contribution in [0.1, 0.15) is 23.8 Å². The van der Waals surface area contributed by atoms with Crippen LogP contribution in [0.3, 0.4) is 0 Å². The van der Waals surface area contributed by atoms with Crippen LogP contribution < -0.4 is 14.7 Å². The second kappa shape index (κ2) is 10.5. The van der Waals surface area contributed by atoms with Crippen molar-refractivity contribution in [3.8, 4) is 5.75 Å². The van der Waals surface area contributed by atoms with Gasteiger partial charge in [-0.05, 0) is 29.8 Å². The van der Waals surface area contributed by atoms with Gasteiger partial charge in [0.15, 0.2) is 0 Å². The zero-order chi connectivity index (χ0) is 23.2. The van der Waals surface area contributed by atoms with Crippen LogP contribution >= 0.6 is 0 Å². The van der Waals surface area contributed by atoms with Crippen LogP contribution in [0, 0.1) is 0 Å². The maximum absolute atomic E-state index is 13.3. The molecular weight excluding hydrogens is 424 g/mol. The minimum atomic E-state index is -0.830. The summed E-state index contributed by atoms with van der Waals surface area (Å²) in [5.41, 5.74) is 0.238. The minimum Gasteiger partial charge on any atom is -0.872 e. The first-order chi connectivity index (χ1) is 16.1. The van der Waals surface area contributed by atoms with E-state index in [0.717, 1.165) is 32.8 Å². The second-order valence-electron chi connectivity index (χ2n) is 8.08. The number of hydrogen-bond acceptors (Lipinski definition) is 6. The minimum absolute atomic E-state index is 0.0755. The monoisotopic (exact) mass is 452 g/mol. The molecule has 1 aromatic heterocycles. The highest BCUT2D eigenvalue weighted by Gasteiger charge is 2.45. The van der Waals surface area contributed by atoms with Gasteiger partial charge in [0.25, 0.3) is 5.91 Å². The standard InChI is InChI=1S/C25H28N2O6/c1-2-14-32-19-8-6-18(7-9-19)23(28)21-22(20-5-3-15-33-20)27(25(30)24(21)29)11-4-10-26-12-16-31-17-13-26/h2-3,5-9,15,22,28H,1,4,10-14,16-17H2. The largest absolute Gasteiger partial charge is 0.872 e. The van der Waals surface area contributed by atoms with Crippen LogP contribution in [0.4, 0.5) is 0 Å². The lowest BCUT2D eigenvalue weighted by molar-refractivity contribution is -0.908. The number of carbonyl (C=O) groups is 2. The first-order valence-corrected chi connectivity index (χ1v) is 11.2. The van der Waals surface area contributed by atoms with E-state index in [1.54, 1.807) is 42.5 Å². The molecule has 3 heterocycles. The number of ether oxygens (including phenoxy) is 2. The number of nitrogens with zero attached hydrogens (tertiary/aromatic N) is 1. The number of benzene rings is 1. The number of likely N-dealkylation sites (tertiary alicyclic amines) is 1. The molecule has 1 aromatic carbocycles. The molecule has 0 saturated carbocycles. The van der Waals surface area contributed by atoms with Crippen LogP contribution in [-0.4, -0.2) is 62.6 Å². The van der Waals surface area contributed by atoms with Crippen molar-refractivity contribution in [2.45, 2.75) is 12.5 Å².